The molecule has 0 aliphatic carbocycles. The van der Waals surface area contributed by atoms with E-state index < -0.39 is 56.8 Å². The van der Waals surface area contributed by atoms with Gasteiger partial charge in [-0.2, -0.15) is 0 Å². The molecule has 0 bridgehead atoms. The van der Waals surface area contributed by atoms with Crippen LogP contribution in [-0.2, 0) is 45.5 Å². The van der Waals surface area contributed by atoms with E-state index in [1.165, 1.54) is 17.0 Å². The average molecular weight is 730 g/mol. The summed E-state index contributed by atoms with van der Waals surface area (Å²) in [4.78, 5) is 28.7. The van der Waals surface area contributed by atoms with Crippen molar-refractivity contribution in [3.8, 4) is 0 Å². The van der Waals surface area contributed by atoms with Crippen LogP contribution in [0.25, 0.3) is 0 Å². The van der Waals surface area contributed by atoms with Crippen LogP contribution in [0, 0.1) is 0 Å². The minimum Gasteiger partial charge on any atom is -0.351 e. The van der Waals surface area contributed by atoms with Gasteiger partial charge in [0.15, 0.2) is 6.29 Å². The number of carbonyl (C=O) groups excluding carboxylic acids is 2. The molecule has 2 amide bonds. The standard InChI is InChI=1S/C28H39Cl3N4O8S2/c1-6-42-26(43-7-2)17-35(18(3)4)28(37)23(14-19-8-10-20(29)11-9-19)33-27(36)24(34-44(5,38)39)16-32-45(40,41)25-15-21(30)12-13-22(25)31/h8-13,15,18,23-24,26,32,34H,6-7,14,16-17H2,1-5H3,(H,33,36). The van der Waals surface area contributed by atoms with Gasteiger partial charge in [-0.1, -0.05) is 46.9 Å². The third-order valence-electron chi connectivity index (χ3n) is 6.26. The zero-order chi connectivity index (χ0) is 33.9. The lowest BCUT2D eigenvalue weighted by atomic mass is 10.0. The molecule has 0 aliphatic heterocycles. The van der Waals surface area contributed by atoms with Gasteiger partial charge in [0.25, 0.3) is 0 Å². The van der Waals surface area contributed by atoms with Crippen LogP contribution in [0.2, 0.25) is 15.1 Å². The zero-order valence-corrected chi connectivity index (χ0v) is 29.5. The number of ether oxygens (including phenoxy) is 2. The van der Waals surface area contributed by atoms with Crippen molar-refractivity contribution in [2.75, 3.05) is 32.6 Å². The van der Waals surface area contributed by atoms with Crippen molar-refractivity contribution in [3.63, 3.8) is 0 Å². The van der Waals surface area contributed by atoms with Crippen molar-refractivity contribution < 1.29 is 35.9 Å². The number of sulfonamides is 2. The molecule has 0 heterocycles. The number of hydrogen-bond donors (Lipinski definition) is 3. The Bertz CT molecular complexity index is 1500. The van der Waals surface area contributed by atoms with Crippen molar-refractivity contribution in [3.05, 3.63) is 63.1 Å². The Morgan fingerprint density at radius 3 is 2.00 bits per heavy atom. The van der Waals surface area contributed by atoms with E-state index in [9.17, 15) is 26.4 Å². The topological polar surface area (TPSA) is 160 Å². The normalized spacial score (nSPS) is 13.6. The molecule has 0 saturated carbocycles. The van der Waals surface area contributed by atoms with Crippen LogP contribution in [0.3, 0.4) is 0 Å². The molecule has 0 radical (unpaired) electrons. The number of halogens is 3. The van der Waals surface area contributed by atoms with Crippen LogP contribution in [0.5, 0.6) is 0 Å². The maximum Gasteiger partial charge on any atom is 0.245 e. The Kier molecular flexibility index (Phi) is 15.5. The number of hydrogen-bond acceptors (Lipinski definition) is 8. The summed E-state index contributed by atoms with van der Waals surface area (Å²) in [6, 6.07) is 7.23. The van der Waals surface area contributed by atoms with Gasteiger partial charge in [-0.3, -0.25) is 9.59 Å². The minimum absolute atomic E-state index is 0.00828. The summed E-state index contributed by atoms with van der Waals surface area (Å²) in [7, 11) is -8.37. The molecule has 3 N–H and O–H groups in total. The third-order valence-corrected chi connectivity index (χ3v) is 9.36. The second-order valence-electron chi connectivity index (χ2n) is 10.2. The van der Waals surface area contributed by atoms with Crippen LogP contribution in [0.15, 0.2) is 47.4 Å². The molecule has 0 aliphatic rings. The first-order chi connectivity index (χ1) is 21.0. The van der Waals surface area contributed by atoms with Crippen LogP contribution in [0.1, 0.15) is 33.3 Å². The number of amides is 2. The molecule has 252 valence electrons. The highest BCUT2D eigenvalue weighted by atomic mass is 35.5. The minimum atomic E-state index is -4.34. The summed E-state index contributed by atoms with van der Waals surface area (Å²) in [5, 5.41) is 3.05. The number of rotatable bonds is 18. The van der Waals surface area contributed by atoms with Gasteiger partial charge in [0, 0.05) is 42.3 Å². The van der Waals surface area contributed by atoms with Gasteiger partial charge in [0.1, 0.15) is 17.0 Å². The monoisotopic (exact) mass is 728 g/mol. The van der Waals surface area contributed by atoms with Crippen molar-refractivity contribution in [1.82, 2.24) is 19.7 Å². The van der Waals surface area contributed by atoms with Gasteiger partial charge in [0.05, 0.1) is 17.8 Å². The van der Waals surface area contributed by atoms with E-state index in [2.05, 4.69) is 14.8 Å². The lowest BCUT2D eigenvalue weighted by Gasteiger charge is -2.34. The summed E-state index contributed by atoms with van der Waals surface area (Å²) in [6.07, 6.45) is 0.0909. The van der Waals surface area contributed by atoms with Crippen molar-refractivity contribution >= 4 is 66.7 Å². The summed E-state index contributed by atoms with van der Waals surface area (Å²) < 4.78 is 66.0. The van der Waals surface area contributed by atoms with Crippen molar-refractivity contribution in [2.24, 2.45) is 0 Å². The second kappa shape index (κ2) is 17.8. The van der Waals surface area contributed by atoms with E-state index in [1.807, 2.05) is 0 Å². The number of nitrogens with zero attached hydrogens (tertiary/aromatic N) is 1. The molecule has 17 heteroatoms. The lowest BCUT2D eigenvalue weighted by Crippen LogP contribution is -2.59. The molecule has 2 rings (SSSR count). The Morgan fingerprint density at radius 2 is 1.47 bits per heavy atom. The van der Waals surface area contributed by atoms with Crippen LogP contribution < -0.4 is 14.8 Å². The van der Waals surface area contributed by atoms with E-state index in [4.69, 9.17) is 44.3 Å². The maximum absolute atomic E-state index is 14.0. The average Bonchev–Trinajstić information content (AvgIpc) is 2.95. The molecule has 0 saturated heterocycles. The molecule has 2 atom stereocenters. The Labute approximate surface area is 280 Å². The highest BCUT2D eigenvalue weighted by Gasteiger charge is 2.33. The van der Waals surface area contributed by atoms with Gasteiger partial charge in [-0.05, 0) is 63.6 Å². The molecule has 0 aromatic heterocycles. The van der Waals surface area contributed by atoms with Gasteiger partial charge in [0.2, 0.25) is 31.9 Å². The first-order valence-corrected chi connectivity index (χ1v) is 18.5. The molecule has 2 unspecified atom stereocenters. The number of carbonyl (C=O) groups is 2. The fraction of sp³-hybridized carbons (Fsp3) is 0.500. The van der Waals surface area contributed by atoms with Gasteiger partial charge < -0.3 is 19.7 Å². The summed E-state index contributed by atoms with van der Waals surface area (Å²) >= 11 is 18.0. The molecule has 2 aromatic rings. The van der Waals surface area contributed by atoms with Crippen LogP contribution in [-0.4, -0.2) is 90.5 Å². The third kappa shape index (κ3) is 13.0. The summed E-state index contributed by atoms with van der Waals surface area (Å²) in [5.41, 5.74) is 0.650. The predicted molar refractivity (Wildman–Crippen MR) is 174 cm³/mol. The summed E-state index contributed by atoms with van der Waals surface area (Å²) in [5.74, 6) is -1.45. The molecule has 45 heavy (non-hydrogen) atoms. The largest absolute Gasteiger partial charge is 0.351 e. The number of nitrogens with one attached hydrogen (secondary N) is 3. The Hall–Kier alpha value is -2.01. The SMILES string of the molecule is CCOC(CN(C(=O)C(Cc1ccc(Cl)cc1)NC(=O)C(CNS(=O)(=O)c1cc(Cl)ccc1Cl)NS(C)(=O)=O)C(C)C)OCC. The molecule has 12 nitrogen and oxygen atoms in total. The first-order valence-electron chi connectivity index (χ1n) is 14.0. The Morgan fingerprint density at radius 1 is 0.889 bits per heavy atom. The lowest BCUT2D eigenvalue weighted by molar-refractivity contribution is -0.163. The van der Waals surface area contributed by atoms with Gasteiger partial charge in [-0.15, -0.1) is 0 Å². The van der Waals surface area contributed by atoms with E-state index in [0.29, 0.717) is 23.8 Å². The van der Waals surface area contributed by atoms with E-state index in [0.717, 1.165) is 12.3 Å². The quantitative estimate of drug-likeness (QED) is 0.197. The highest BCUT2D eigenvalue weighted by molar-refractivity contribution is 7.89. The molecule has 0 fully saturated rings. The molecule has 2 aromatic carbocycles. The van der Waals surface area contributed by atoms with E-state index >= 15 is 0 Å². The molecular formula is C28H39Cl3N4O8S2. The van der Waals surface area contributed by atoms with Crippen molar-refractivity contribution in [1.29, 1.82) is 0 Å². The molecule has 0 spiro atoms. The fourth-order valence-corrected chi connectivity index (χ4v) is 6.81. The summed E-state index contributed by atoms with van der Waals surface area (Å²) in [6.45, 7) is 7.18. The zero-order valence-electron chi connectivity index (χ0n) is 25.5. The van der Waals surface area contributed by atoms with Crippen molar-refractivity contribution in [2.45, 2.75) is 63.4 Å². The fourth-order valence-electron chi connectivity index (χ4n) is 4.17. The van der Waals surface area contributed by atoms with E-state index in [-0.39, 0.29) is 33.9 Å². The van der Waals surface area contributed by atoms with Gasteiger partial charge in [-0.25, -0.2) is 26.3 Å². The van der Waals surface area contributed by atoms with E-state index in [1.54, 1.807) is 52.0 Å². The first kappa shape index (κ1) is 39.2. The van der Waals surface area contributed by atoms with Gasteiger partial charge >= 0.3 is 0 Å². The second-order valence-corrected chi connectivity index (χ2v) is 15.0. The number of benzene rings is 2. The highest BCUT2D eigenvalue weighted by Crippen LogP contribution is 2.24. The van der Waals surface area contributed by atoms with Crippen LogP contribution in [0.4, 0.5) is 0 Å². The maximum atomic E-state index is 14.0. The predicted octanol–water partition coefficient (Wildman–Crippen LogP) is 3.21. The smallest absolute Gasteiger partial charge is 0.245 e. The van der Waals surface area contributed by atoms with Crippen LogP contribution >= 0.6 is 34.8 Å². The molecular weight excluding hydrogens is 691 g/mol. The Balaban J connectivity index is 2.42.